The predicted octanol–water partition coefficient (Wildman–Crippen LogP) is 1.77. The predicted molar refractivity (Wildman–Crippen MR) is 58.6 cm³/mol. The first-order valence-electron chi connectivity index (χ1n) is 5.36. The van der Waals surface area contributed by atoms with Gasteiger partial charge in [0.2, 0.25) is 0 Å². The molecule has 0 radical (unpaired) electrons. The van der Waals surface area contributed by atoms with Gasteiger partial charge in [-0.1, -0.05) is 6.07 Å². The summed E-state index contributed by atoms with van der Waals surface area (Å²) in [5.41, 5.74) is 1.98. The van der Waals surface area contributed by atoms with Crippen molar-refractivity contribution in [3.8, 4) is 0 Å². The number of Topliss-reactive ketones (excluding diaryl/α,β-unsaturated/α-hetero) is 1. The molecule has 1 fully saturated rings. The first kappa shape index (κ1) is 10.3. The van der Waals surface area contributed by atoms with Crippen LogP contribution in [-0.2, 0) is 4.79 Å². The van der Waals surface area contributed by atoms with E-state index in [4.69, 9.17) is 0 Å². The Morgan fingerprint density at radius 1 is 1.40 bits per heavy atom. The van der Waals surface area contributed by atoms with Crippen LogP contribution in [0.2, 0.25) is 0 Å². The number of ketones is 1. The van der Waals surface area contributed by atoms with E-state index in [-0.39, 0.29) is 12.1 Å². The first-order valence-corrected chi connectivity index (χ1v) is 5.36. The van der Waals surface area contributed by atoms with Crippen molar-refractivity contribution in [3.63, 3.8) is 0 Å². The molecule has 1 aliphatic heterocycles. The van der Waals surface area contributed by atoms with E-state index in [0.717, 1.165) is 11.4 Å². The summed E-state index contributed by atoms with van der Waals surface area (Å²) in [4.78, 5) is 15.9. The Morgan fingerprint density at radius 2 is 2.20 bits per heavy atom. The first-order chi connectivity index (χ1) is 7.15. The summed E-state index contributed by atoms with van der Waals surface area (Å²) in [5, 5.41) is 3.41. The number of nitrogens with one attached hydrogen (secondary N) is 1. The van der Waals surface area contributed by atoms with E-state index in [0.29, 0.717) is 18.6 Å². The SMILES string of the molecule is Cc1cccc(C2CC(=O)CC(C)N2)n1. The summed E-state index contributed by atoms with van der Waals surface area (Å²) in [6.45, 7) is 4.01. The molecular weight excluding hydrogens is 188 g/mol. The molecule has 1 aromatic rings. The Kier molecular flexibility index (Phi) is 2.82. The van der Waals surface area contributed by atoms with Gasteiger partial charge in [0, 0.05) is 24.6 Å². The van der Waals surface area contributed by atoms with Gasteiger partial charge in [0.25, 0.3) is 0 Å². The van der Waals surface area contributed by atoms with Gasteiger partial charge in [0.1, 0.15) is 5.78 Å². The van der Waals surface area contributed by atoms with Crippen LogP contribution in [0.5, 0.6) is 0 Å². The molecule has 0 bridgehead atoms. The van der Waals surface area contributed by atoms with Crippen molar-refractivity contribution >= 4 is 5.78 Å². The smallest absolute Gasteiger partial charge is 0.136 e. The molecule has 3 nitrogen and oxygen atoms in total. The highest BCUT2D eigenvalue weighted by molar-refractivity contribution is 5.80. The van der Waals surface area contributed by atoms with Gasteiger partial charge < -0.3 is 5.32 Å². The summed E-state index contributed by atoms with van der Waals surface area (Å²) in [5.74, 6) is 0.328. The summed E-state index contributed by atoms with van der Waals surface area (Å²) >= 11 is 0. The second-order valence-electron chi connectivity index (χ2n) is 4.27. The molecule has 2 atom stereocenters. The summed E-state index contributed by atoms with van der Waals surface area (Å²) in [6.07, 6.45) is 1.21. The zero-order valence-electron chi connectivity index (χ0n) is 9.16. The normalized spacial score (nSPS) is 26.7. The van der Waals surface area contributed by atoms with Crippen LogP contribution >= 0.6 is 0 Å². The van der Waals surface area contributed by atoms with Crippen molar-refractivity contribution in [2.24, 2.45) is 0 Å². The summed E-state index contributed by atoms with van der Waals surface area (Å²) in [6, 6.07) is 6.30. The Bertz CT molecular complexity index is 376. The van der Waals surface area contributed by atoms with Crippen LogP contribution in [-0.4, -0.2) is 16.8 Å². The number of carbonyl (C=O) groups is 1. The standard InChI is InChI=1S/C12H16N2O/c1-8-4-3-5-11(13-8)12-7-10(15)6-9(2)14-12/h3-5,9,12,14H,6-7H2,1-2H3. The molecule has 2 heterocycles. The lowest BCUT2D eigenvalue weighted by atomic mass is 9.96. The van der Waals surface area contributed by atoms with Gasteiger partial charge in [0.05, 0.1) is 11.7 Å². The minimum Gasteiger partial charge on any atom is -0.305 e. The van der Waals surface area contributed by atoms with Gasteiger partial charge in [-0.25, -0.2) is 0 Å². The van der Waals surface area contributed by atoms with Crippen molar-refractivity contribution in [1.29, 1.82) is 0 Å². The van der Waals surface area contributed by atoms with Crippen LogP contribution in [0.25, 0.3) is 0 Å². The number of nitrogens with zero attached hydrogens (tertiary/aromatic N) is 1. The number of piperidine rings is 1. The maximum absolute atomic E-state index is 11.5. The highest BCUT2D eigenvalue weighted by Gasteiger charge is 2.25. The maximum atomic E-state index is 11.5. The second-order valence-corrected chi connectivity index (χ2v) is 4.27. The van der Waals surface area contributed by atoms with Crippen molar-refractivity contribution in [2.45, 2.75) is 38.8 Å². The summed E-state index contributed by atoms with van der Waals surface area (Å²) in [7, 11) is 0. The molecular formula is C12H16N2O. The third kappa shape index (κ3) is 2.42. The van der Waals surface area contributed by atoms with E-state index in [1.165, 1.54) is 0 Å². The molecule has 15 heavy (non-hydrogen) atoms. The van der Waals surface area contributed by atoms with E-state index >= 15 is 0 Å². The highest BCUT2D eigenvalue weighted by atomic mass is 16.1. The molecule has 80 valence electrons. The minimum atomic E-state index is 0.0983. The molecule has 0 aliphatic carbocycles. The van der Waals surface area contributed by atoms with E-state index in [2.05, 4.69) is 10.3 Å². The molecule has 0 amide bonds. The van der Waals surface area contributed by atoms with Gasteiger partial charge >= 0.3 is 0 Å². The van der Waals surface area contributed by atoms with Crippen molar-refractivity contribution in [2.75, 3.05) is 0 Å². The van der Waals surface area contributed by atoms with Gasteiger partial charge in [-0.15, -0.1) is 0 Å². The van der Waals surface area contributed by atoms with Gasteiger partial charge in [0.15, 0.2) is 0 Å². The van der Waals surface area contributed by atoms with Gasteiger partial charge in [-0.2, -0.15) is 0 Å². The number of carbonyl (C=O) groups excluding carboxylic acids is 1. The third-order valence-electron chi connectivity index (χ3n) is 2.72. The Hall–Kier alpha value is -1.22. The third-order valence-corrected chi connectivity index (χ3v) is 2.72. The molecule has 2 rings (SSSR count). The zero-order chi connectivity index (χ0) is 10.8. The molecule has 3 heteroatoms. The lowest BCUT2D eigenvalue weighted by Gasteiger charge is -2.27. The van der Waals surface area contributed by atoms with Crippen LogP contribution in [0.3, 0.4) is 0 Å². The average molecular weight is 204 g/mol. The van der Waals surface area contributed by atoms with E-state index in [1.807, 2.05) is 32.0 Å². The second kappa shape index (κ2) is 4.11. The fourth-order valence-electron chi connectivity index (χ4n) is 2.06. The largest absolute Gasteiger partial charge is 0.305 e. The number of pyridine rings is 1. The maximum Gasteiger partial charge on any atom is 0.136 e. The number of hydrogen-bond donors (Lipinski definition) is 1. The molecule has 0 spiro atoms. The molecule has 1 aromatic heterocycles. The molecule has 1 N–H and O–H groups in total. The lowest BCUT2D eigenvalue weighted by molar-refractivity contribution is -0.121. The van der Waals surface area contributed by atoms with Gasteiger partial charge in [-0.05, 0) is 26.0 Å². The molecule has 1 saturated heterocycles. The Labute approximate surface area is 89.9 Å². The number of hydrogen-bond acceptors (Lipinski definition) is 3. The number of aryl methyl sites for hydroxylation is 1. The fraction of sp³-hybridized carbons (Fsp3) is 0.500. The molecule has 0 saturated carbocycles. The topological polar surface area (TPSA) is 42.0 Å². The molecule has 0 aromatic carbocycles. The van der Waals surface area contributed by atoms with Crippen LogP contribution in [0.15, 0.2) is 18.2 Å². The average Bonchev–Trinajstić information content (AvgIpc) is 2.16. The fourth-order valence-corrected chi connectivity index (χ4v) is 2.06. The van der Waals surface area contributed by atoms with Crippen LogP contribution in [0.1, 0.15) is 37.2 Å². The van der Waals surface area contributed by atoms with Crippen LogP contribution in [0, 0.1) is 6.92 Å². The Morgan fingerprint density at radius 3 is 2.87 bits per heavy atom. The number of rotatable bonds is 1. The zero-order valence-corrected chi connectivity index (χ0v) is 9.16. The highest BCUT2D eigenvalue weighted by Crippen LogP contribution is 2.21. The molecule has 2 unspecified atom stereocenters. The van der Waals surface area contributed by atoms with Crippen LogP contribution in [0.4, 0.5) is 0 Å². The lowest BCUT2D eigenvalue weighted by Crippen LogP contribution is -2.39. The summed E-state index contributed by atoms with van der Waals surface area (Å²) < 4.78 is 0. The van der Waals surface area contributed by atoms with E-state index in [1.54, 1.807) is 0 Å². The minimum absolute atomic E-state index is 0.0983. The monoisotopic (exact) mass is 204 g/mol. The number of aromatic nitrogens is 1. The molecule has 1 aliphatic rings. The van der Waals surface area contributed by atoms with Crippen molar-refractivity contribution in [3.05, 3.63) is 29.6 Å². The van der Waals surface area contributed by atoms with E-state index < -0.39 is 0 Å². The Balaban J connectivity index is 2.19. The van der Waals surface area contributed by atoms with Gasteiger partial charge in [-0.3, -0.25) is 9.78 Å². The quantitative estimate of drug-likeness (QED) is 0.758. The van der Waals surface area contributed by atoms with Crippen LogP contribution < -0.4 is 5.32 Å². The van der Waals surface area contributed by atoms with Crippen molar-refractivity contribution in [1.82, 2.24) is 10.3 Å². The van der Waals surface area contributed by atoms with E-state index in [9.17, 15) is 4.79 Å². The van der Waals surface area contributed by atoms with Crippen molar-refractivity contribution < 1.29 is 4.79 Å².